The van der Waals surface area contributed by atoms with Gasteiger partial charge in [0.15, 0.2) is 0 Å². The first-order valence-electron chi connectivity index (χ1n) is 9.45. The van der Waals surface area contributed by atoms with E-state index in [2.05, 4.69) is 16.0 Å². The lowest BCUT2D eigenvalue weighted by atomic mass is 9.93. The Morgan fingerprint density at radius 2 is 2.04 bits per heavy atom. The molecular formula is C22H21ClN4O. The highest BCUT2D eigenvalue weighted by molar-refractivity contribution is 6.31. The van der Waals surface area contributed by atoms with E-state index in [1.165, 1.54) is 6.20 Å². The summed E-state index contributed by atoms with van der Waals surface area (Å²) >= 11 is 6.29. The number of pyridine rings is 1. The van der Waals surface area contributed by atoms with Crippen molar-refractivity contribution >= 4 is 17.5 Å². The summed E-state index contributed by atoms with van der Waals surface area (Å²) in [5.74, 6) is 0.158. The zero-order valence-electron chi connectivity index (χ0n) is 15.5. The molecule has 6 heteroatoms. The van der Waals surface area contributed by atoms with Gasteiger partial charge in [-0.05, 0) is 36.6 Å². The molecule has 1 aliphatic heterocycles. The smallest absolute Gasteiger partial charge is 0.274 e. The maximum absolute atomic E-state index is 12.7. The summed E-state index contributed by atoms with van der Waals surface area (Å²) in [5.41, 5.74) is 3.48. The Morgan fingerprint density at radius 3 is 2.86 bits per heavy atom. The maximum atomic E-state index is 12.7. The Bertz CT molecular complexity index is 964. The topological polar surface area (TPSA) is 59.0 Å². The van der Waals surface area contributed by atoms with E-state index in [4.69, 9.17) is 16.6 Å². The number of hydrogen-bond acceptors (Lipinski definition) is 4. The third-order valence-electron chi connectivity index (χ3n) is 5.07. The molecule has 1 saturated heterocycles. The van der Waals surface area contributed by atoms with Crippen LogP contribution in [0, 0.1) is 0 Å². The predicted octanol–water partition coefficient (Wildman–Crippen LogP) is 4.14. The predicted molar refractivity (Wildman–Crippen MR) is 108 cm³/mol. The molecule has 0 N–H and O–H groups in total. The molecule has 0 spiro atoms. The molecule has 3 aromatic rings. The number of halogens is 1. The lowest BCUT2D eigenvalue weighted by Crippen LogP contribution is -2.39. The third kappa shape index (κ3) is 4.20. The van der Waals surface area contributed by atoms with E-state index in [9.17, 15) is 4.79 Å². The van der Waals surface area contributed by atoms with Gasteiger partial charge >= 0.3 is 0 Å². The second-order valence-electron chi connectivity index (χ2n) is 7.00. The molecule has 4 rings (SSSR count). The molecule has 1 aliphatic rings. The SMILES string of the molecule is O=C(c1cnccn1)N1CCC[C@@H](c2cccc(Cc3ccccc3Cl)n2)C1. The van der Waals surface area contributed by atoms with Gasteiger partial charge in [0.2, 0.25) is 0 Å². The Hall–Kier alpha value is -2.79. The van der Waals surface area contributed by atoms with Gasteiger partial charge in [0.05, 0.1) is 6.20 Å². The van der Waals surface area contributed by atoms with Crippen LogP contribution in [-0.2, 0) is 6.42 Å². The fourth-order valence-electron chi connectivity index (χ4n) is 3.64. The molecule has 5 nitrogen and oxygen atoms in total. The number of hydrogen-bond donors (Lipinski definition) is 0. The average Bonchev–Trinajstić information content (AvgIpc) is 2.76. The molecule has 3 heterocycles. The highest BCUT2D eigenvalue weighted by atomic mass is 35.5. The first-order chi connectivity index (χ1) is 13.7. The summed E-state index contributed by atoms with van der Waals surface area (Å²) < 4.78 is 0. The molecule has 142 valence electrons. The molecule has 0 radical (unpaired) electrons. The van der Waals surface area contributed by atoms with E-state index in [1.807, 2.05) is 41.3 Å². The molecule has 0 saturated carbocycles. The number of benzene rings is 1. The normalized spacial score (nSPS) is 16.8. The summed E-state index contributed by atoms with van der Waals surface area (Å²) in [4.78, 5) is 27.6. The van der Waals surface area contributed by atoms with Gasteiger partial charge < -0.3 is 4.90 Å². The zero-order chi connectivity index (χ0) is 19.3. The van der Waals surface area contributed by atoms with E-state index in [-0.39, 0.29) is 11.8 Å². The fourth-order valence-corrected chi connectivity index (χ4v) is 3.84. The van der Waals surface area contributed by atoms with Crippen LogP contribution in [0.3, 0.4) is 0 Å². The summed E-state index contributed by atoms with van der Waals surface area (Å²) in [7, 11) is 0. The van der Waals surface area contributed by atoms with Gasteiger partial charge in [0, 0.05) is 54.2 Å². The standard InChI is InChI=1S/C22H21ClN4O/c23-19-8-2-1-5-16(19)13-18-7-3-9-20(26-18)17-6-4-12-27(15-17)22(28)21-14-24-10-11-25-21/h1-3,5,7-11,14,17H,4,6,12-13,15H2/t17-/m1/s1. The van der Waals surface area contributed by atoms with Gasteiger partial charge in [-0.25, -0.2) is 4.98 Å². The van der Waals surface area contributed by atoms with Gasteiger partial charge in [-0.1, -0.05) is 35.9 Å². The maximum Gasteiger partial charge on any atom is 0.274 e. The zero-order valence-corrected chi connectivity index (χ0v) is 16.2. The minimum Gasteiger partial charge on any atom is -0.337 e. The van der Waals surface area contributed by atoms with Crippen molar-refractivity contribution in [2.75, 3.05) is 13.1 Å². The first-order valence-corrected chi connectivity index (χ1v) is 9.83. The van der Waals surface area contributed by atoms with Gasteiger partial charge in [0.1, 0.15) is 5.69 Å². The second kappa shape index (κ2) is 8.48. The van der Waals surface area contributed by atoms with Crippen molar-refractivity contribution in [3.8, 4) is 0 Å². The van der Waals surface area contributed by atoms with Crippen molar-refractivity contribution in [1.29, 1.82) is 0 Å². The molecule has 1 aromatic carbocycles. The number of aromatic nitrogens is 3. The third-order valence-corrected chi connectivity index (χ3v) is 5.44. The van der Waals surface area contributed by atoms with Crippen molar-refractivity contribution in [1.82, 2.24) is 19.9 Å². The van der Waals surface area contributed by atoms with Crippen LogP contribution < -0.4 is 0 Å². The lowest BCUT2D eigenvalue weighted by molar-refractivity contribution is 0.0699. The second-order valence-corrected chi connectivity index (χ2v) is 7.41. The number of carbonyl (C=O) groups is 1. The molecule has 0 aliphatic carbocycles. The molecule has 28 heavy (non-hydrogen) atoms. The van der Waals surface area contributed by atoms with E-state index >= 15 is 0 Å². The Kier molecular flexibility index (Phi) is 5.63. The first kappa shape index (κ1) is 18.6. The number of likely N-dealkylation sites (tertiary alicyclic amines) is 1. The Balaban J connectivity index is 1.49. The molecular weight excluding hydrogens is 372 g/mol. The van der Waals surface area contributed by atoms with Crippen LogP contribution in [0.2, 0.25) is 5.02 Å². The molecule has 1 amide bonds. The van der Waals surface area contributed by atoms with Crippen LogP contribution >= 0.6 is 11.6 Å². The van der Waals surface area contributed by atoms with Crippen LogP contribution in [0.4, 0.5) is 0 Å². The molecule has 0 bridgehead atoms. The van der Waals surface area contributed by atoms with Crippen LogP contribution in [0.1, 0.15) is 46.2 Å². The van der Waals surface area contributed by atoms with Crippen molar-refractivity contribution in [3.05, 3.63) is 88.7 Å². The van der Waals surface area contributed by atoms with Crippen molar-refractivity contribution in [2.24, 2.45) is 0 Å². The number of piperidine rings is 1. The summed E-state index contributed by atoms with van der Waals surface area (Å²) in [6.45, 7) is 1.39. The Labute approximate surface area is 169 Å². The van der Waals surface area contributed by atoms with Gasteiger partial charge in [-0.3, -0.25) is 14.8 Å². The number of amides is 1. The minimum absolute atomic E-state index is 0.0648. The highest BCUT2D eigenvalue weighted by Gasteiger charge is 2.27. The van der Waals surface area contributed by atoms with Crippen LogP contribution in [0.15, 0.2) is 61.1 Å². The fraction of sp³-hybridized carbons (Fsp3) is 0.273. The molecule has 1 atom stereocenters. The highest BCUT2D eigenvalue weighted by Crippen LogP contribution is 2.27. The van der Waals surface area contributed by atoms with Crippen molar-refractivity contribution in [2.45, 2.75) is 25.2 Å². The summed E-state index contributed by atoms with van der Waals surface area (Å²) in [6.07, 6.45) is 7.31. The minimum atomic E-state index is -0.0648. The van der Waals surface area contributed by atoms with Crippen molar-refractivity contribution in [3.63, 3.8) is 0 Å². The van der Waals surface area contributed by atoms with Gasteiger partial charge in [0.25, 0.3) is 5.91 Å². The van der Waals surface area contributed by atoms with Crippen LogP contribution in [-0.4, -0.2) is 38.8 Å². The van der Waals surface area contributed by atoms with E-state index in [0.29, 0.717) is 18.7 Å². The van der Waals surface area contributed by atoms with E-state index in [1.54, 1.807) is 12.4 Å². The van der Waals surface area contributed by atoms with Crippen LogP contribution in [0.25, 0.3) is 0 Å². The number of carbonyl (C=O) groups excluding carboxylic acids is 1. The molecule has 0 unspecified atom stereocenters. The van der Waals surface area contributed by atoms with E-state index in [0.717, 1.165) is 41.4 Å². The molecule has 2 aromatic heterocycles. The van der Waals surface area contributed by atoms with Crippen molar-refractivity contribution < 1.29 is 4.79 Å². The summed E-state index contributed by atoms with van der Waals surface area (Å²) in [5, 5.41) is 0.758. The van der Waals surface area contributed by atoms with Crippen LogP contribution in [0.5, 0.6) is 0 Å². The summed E-state index contributed by atoms with van der Waals surface area (Å²) in [6, 6.07) is 14.0. The number of nitrogens with zero attached hydrogens (tertiary/aromatic N) is 4. The van der Waals surface area contributed by atoms with Gasteiger partial charge in [-0.15, -0.1) is 0 Å². The largest absolute Gasteiger partial charge is 0.337 e. The van der Waals surface area contributed by atoms with E-state index < -0.39 is 0 Å². The monoisotopic (exact) mass is 392 g/mol. The quantitative estimate of drug-likeness (QED) is 0.669. The lowest BCUT2D eigenvalue weighted by Gasteiger charge is -2.32. The Morgan fingerprint density at radius 1 is 1.14 bits per heavy atom. The number of rotatable bonds is 4. The average molecular weight is 393 g/mol. The van der Waals surface area contributed by atoms with Gasteiger partial charge in [-0.2, -0.15) is 0 Å². The molecule has 1 fully saturated rings.